The van der Waals surface area contributed by atoms with Crippen molar-refractivity contribution in [1.82, 2.24) is 29.5 Å². The van der Waals surface area contributed by atoms with Crippen molar-refractivity contribution in [3.8, 4) is 17.2 Å². The van der Waals surface area contributed by atoms with Gasteiger partial charge in [0, 0.05) is 68.6 Å². The number of halogens is 2. The van der Waals surface area contributed by atoms with Crippen LogP contribution >= 0.6 is 23.9 Å². The highest BCUT2D eigenvalue weighted by Gasteiger charge is 2.28. The van der Waals surface area contributed by atoms with Crippen LogP contribution in [0.3, 0.4) is 0 Å². The van der Waals surface area contributed by atoms with Gasteiger partial charge in [0.25, 0.3) is 0 Å². The van der Waals surface area contributed by atoms with Crippen molar-refractivity contribution >= 4 is 58.0 Å². The highest BCUT2D eigenvalue weighted by Crippen LogP contribution is 2.38. The third kappa shape index (κ3) is 7.39. The molecule has 0 aliphatic carbocycles. The molecule has 2 N–H and O–H groups in total. The maximum Gasteiger partial charge on any atom is 0.229 e. The van der Waals surface area contributed by atoms with Gasteiger partial charge in [-0.1, -0.05) is 7.92 Å². The van der Waals surface area contributed by atoms with Gasteiger partial charge in [-0.15, -0.1) is 0 Å². The number of piperazine rings is 1. The summed E-state index contributed by atoms with van der Waals surface area (Å²) in [6, 6.07) is 8.41. The second-order valence-corrected chi connectivity index (χ2v) is 15.6. The maximum absolute atomic E-state index is 16.0. The quantitative estimate of drug-likeness (QED) is 0.190. The number of aromatic nitrogens is 4. The van der Waals surface area contributed by atoms with Crippen molar-refractivity contribution in [3.63, 3.8) is 0 Å². The first-order chi connectivity index (χ1) is 23.1. The second-order valence-electron chi connectivity index (χ2n) is 12.6. The summed E-state index contributed by atoms with van der Waals surface area (Å²) < 4.78 is 29.2. The monoisotopic (exact) mass is 739 g/mol. The summed E-state index contributed by atoms with van der Waals surface area (Å²) in [7, 11) is 4.65. The van der Waals surface area contributed by atoms with Gasteiger partial charge in [0.05, 0.1) is 42.5 Å². The molecule has 0 radical (unpaired) electrons. The van der Waals surface area contributed by atoms with E-state index in [1.54, 1.807) is 38.9 Å². The Bertz CT molecular complexity index is 1740. The minimum atomic E-state index is -0.827. The lowest BCUT2D eigenvalue weighted by Gasteiger charge is -2.42. The summed E-state index contributed by atoms with van der Waals surface area (Å²) in [5.74, 6) is 1.96. The van der Waals surface area contributed by atoms with Crippen molar-refractivity contribution in [2.24, 2.45) is 0 Å². The molecule has 4 heterocycles. The normalized spacial score (nSPS) is 16.4. The van der Waals surface area contributed by atoms with Gasteiger partial charge in [-0.3, -0.25) is 4.90 Å². The molecule has 2 aromatic heterocycles. The zero-order valence-electron chi connectivity index (χ0n) is 28.4. The van der Waals surface area contributed by atoms with Crippen LogP contribution < -0.4 is 30.3 Å². The first kappa shape index (κ1) is 34.4. The SMILES string of the molecule is COc1cnn(-c2ccc(Nc3nc(Nc4cc(OC)c(N5CCC(N6CCN(C)CC6)CC5)cc4C)ncc3Br)c(P(C)C)c2F)c1. The standard InChI is InChI=1S/C34H44BrFN9O2P/c1-22-17-29(44-11-9-23(10-12-44)43-15-13-42(2)14-16-43)30(47-4)18-27(22)40-34-37-20-25(35)33(41-34)39-26-7-8-28(31(36)32(26)48(5)6)45-21-24(46-3)19-38-45/h7-8,17-21,23H,9-16H2,1-6H3,(H2,37,39,40,41). The first-order valence-corrected chi connectivity index (χ1v) is 19.2. The number of ether oxygens (including phenoxy) is 2. The predicted molar refractivity (Wildman–Crippen MR) is 197 cm³/mol. The van der Waals surface area contributed by atoms with Crippen molar-refractivity contribution < 1.29 is 13.9 Å². The Morgan fingerprint density at radius 1 is 0.938 bits per heavy atom. The Kier molecular flexibility index (Phi) is 10.7. The molecule has 14 heteroatoms. The summed E-state index contributed by atoms with van der Waals surface area (Å²) in [5, 5.41) is 11.6. The Morgan fingerprint density at radius 2 is 1.69 bits per heavy atom. The van der Waals surface area contributed by atoms with Gasteiger partial charge in [-0.25, -0.2) is 14.1 Å². The van der Waals surface area contributed by atoms with Crippen LogP contribution in [0.5, 0.6) is 11.5 Å². The number of aryl methyl sites for hydroxylation is 1. The minimum Gasteiger partial charge on any atom is -0.495 e. The number of nitrogens with zero attached hydrogens (tertiary/aromatic N) is 7. The number of rotatable bonds is 10. The van der Waals surface area contributed by atoms with Gasteiger partial charge in [-0.2, -0.15) is 10.1 Å². The van der Waals surface area contributed by atoms with Crippen molar-refractivity contribution in [2.75, 3.05) is 89.4 Å². The topological polar surface area (TPSA) is 95.8 Å². The molecule has 4 aromatic rings. The summed E-state index contributed by atoms with van der Waals surface area (Å²) >= 11 is 3.58. The summed E-state index contributed by atoms with van der Waals surface area (Å²) in [4.78, 5) is 16.8. The number of likely N-dealkylation sites (N-methyl/N-ethyl adjacent to an activating group) is 1. The third-order valence-corrected chi connectivity index (χ3v) is 11.1. The number of benzene rings is 2. The van der Waals surface area contributed by atoms with Crippen LogP contribution in [0.25, 0.3) is 5.69 Å². The molecule has 2 aromatic carbocycles. The van der Waals surface area contributed by atoms with E-state index in [0.29, 0.717) is 44.7 Å². The van der Waals surface area contributed by atoms with E-state index in [9.17, 15) is 0 Å². The summed E-state index contributed by atoms with van der Waals surface area (Å²) in [5.41, 5.74) is 4.01. The lowest BCUT2D eigenvalue weighted by molar-refractivity contribution is 0.0981. The van der Waals surface area contributed by atoms with E-state index >= 15 is 4.39 Å². The van der Waals surface area contributed by atoms with Crippen LogP contribution in [-0.2, 0) is 0 Å². The largest absolute Gasteiger partial charge is 0.495 e. The van der Waals surface area contributed by atoms with Crippen LogP contribution in [-0.4, -0.2) is 109 Å². The molecule has 2 fully saturated rings. The van der Waals surface area contributed by atoms with E-state index in [2.05, 4.69) is 71.4 Å². The minimum absolute atomic E-state index is 0.336. The number of piperidine rings is 1. The predicted octanol–water partition coefficient (Wildman–Crippen LogP) is 5.96. The van der Waals surface area contributed by atoms with Gasteiger partial charge in [0.1, 0.15) is 17.3 Å². The van der Waals surface area contributed by atoms with Gasteiger partial charge < -0.3 is 29.9 Å². The zero-order chi connectivity index (χ0) is 33.9. The van der Waals surface area contributed by atoms with E-state index in [1.807, 2.05) is 25.5 Å². The zero-order valence-corrected chi connectivity index (χ0v) is 30.9. The third-order valence-electron chi connectivity index (χ3n) is 9.21. The lowest BCUT2D eigenvalue weighted by atomic mass is 10.0. The number of anilines is 5. The van der Waals surface area contributed by atoms with Crippen LogP contribution in [0, 0.1) is 12.7 Å². The fraction of sp³-hybridized carbons (Fsp3) is 0.441. The number of hydrogen-bond acceptors (Lipinski definition) is 10. The van der Waals surface area contributed by atoms with Crippen molar-refractivity contribution in [1.29, 1.82) is 0 Å². The van der Waals surface area contributed by atoms with E-state index in [1.165, 1.54) is 4.68 Å². The Labute approximate surface area is 291 Å². The Morgan fingerprint density at radius 3 is 2.35 bits per heavy atom. The average Bonchev–Trinajstić information content (AvgIpc) is 3.56. The van der Waals surface area contributed by atoms with E-state index < -0.39 is 7.92 Å². The molecule has 0 unspecified atom stereocenters. The Hall–Kier alpha value is -3.51. The summed E-state index contributed by atoms with van der Waals surface area (Å²) in [6.07, 6.45) is 7.20. The second kappa shape index (κ2) is 14.9. The highest BCUT2D eigenvalue weighted by atomic mass is 79.9. The maximum atomic E-state index is 16.0. The summed E-state index contributed by atoms with van der Waals surface area (Å²) in [6.45, 7) is 12.7. The fourth-order valence-electron chi connectivity index (χ4n) is 6.45. The molecule has 48 heavy (non-hydrogen) atoms. The molecule has 2 saturated heterocycles. The van der Waals surface area contributed by atoms with Crippen molar-refractivity contribution in [2.45, 2.75) is 25.8 Å². The lowest BCUT2D eigenvalue weighted by Crippen LogP contribution is -2.52. The molecule has 0 saturated carbocycles. The molecule has 0 atom stereocenters. The van der Waals surface area contributed by atoms with E-state index in [4.69, 9.17) is 14.5 Å². The van der Waals surface area contributed by atoms with E-state index in [0.717, 1.165) is 74.8 Å². The van der Waals surface area contributed by atoms with Gasteiger partial charge in [0.2, 0.25) is 5.95 Å². The first-order valence-electron chi connectivity index (χ1n) is 16.2. The van der Waals surface area contributed by atoms with Crippen molar-refractivity contribution in [3.05, 3.63) is 58.7 Å². The average molecular weight is 741 g/mol. The molecule has 2 aliphatic heterocycles. The highest BCUT2D eigenvalue weighted by molar-refractivity contribution is 9.10. The molecule has 0 amide bonds. The molecule has 11 nitrogen and oxygen atoms in total. The van der Waals surface area contributed by atoms with Gasteiger partial charge >= 0.3 is 0 Å². The molecule has 0 spiro atoms. The Balaban J connectivity index is 1.19. The van der Waals surface area contributed by atoms with Crippen LogP contribution in [0.15, 0.2) is 47.3 Å². The molecule has 2 aliphatic rings. The fourth-order valence-corrected chi connectivity index (χ4v) is 7.86. The molecule has 256 valence electrons. The van der Waals surface area contributed by atoms with E-state index in [-0.39, 0.29) is 5.82 Å². The van der Waals surface area contributed by atoms with Crippen LogP contribution in [0.2, 0.25) is 0 Å². The number of hydrogen-bond donors (Lipinski definition) is 2. The number of methoxy groups -OCH3 is 2. The van der Waals surface area contributed by atoms with Gasteiger partial charge in [-0.05, 0) is 79.8 Å². The molecular weight excluding hydrogens is 696 g/mol. The molecular formula is C34H44BrFN9O2P. The van der Waals surface area contributed by atoms with Gasteiger partial charge in [0.15, 0.2) is 11.6 Å². The number of nitrogens with one attached hydrogen (secondary N) is 2. The molecule has 6 rings (SSSR count). The van der Waals surface area contributed by atoms with Crippen LogP contribution in [0.4, 0.5) is 33.2 Å². The molecule has 0 bridgehead atoms. The smallest absolute Gasteiger partial charge is 0.229 e. The van der Waals surface area contributed by atoms with Crippen LogP contribution in [0.1, 0.15) is 18.4 Å².